The number of thioether (sulfide) groups is 1. The number of hydrogen-bond donors (Lipinski definition) is 2. The maximum Gasteiger partial charge on any atom is 0.234 e. The molecule has 7 nitrogen and oxygen atoms in total. The van der Waals surface area contributed by atoms with E-state index in [1.165, 1.54) is 11.8 Å². The van der Waals surface area contributed by atoms with Gasteiger partial charge in [-0.1, -0.05) is 18.7 Å². The topological polar surface area (TPSA) is 87.2 Å². The van der Waals surface area contributed by atoms with Crippen molar-refractivity contribution in [1.82, 2.24) is 15.5 Å². The Bertz CT molecular complexity index is 885. The summed E-state index contributed by atoms with van der Waals surface area (Å²) in [6, 6.07) is 6.47. The highest BCUT2D eigenvalue weighted by atomic mass is 32.2. The van der Waals surface area contributed by atoms with Gasteiger partial charge in [-0.15, -0.1) is 10.2 Å². The molecule has 2 N–H and O–H groups in total. The van der Waals surface area contributed by atoms with Crippen LogP contribution in [0.15, 0.2) is 35.4 Å². The van der Waals surface area contributed by atoms with Crippen LogP contribution < -0.4 is 15.5 Å². The van der Waals surface area contributed by atoms with Gasteiger partial charge in [-0.3, -0.25) is 9.59 Å². The molecule has 2 amide bonds. The lowest BCUT2D eigenvalue weighted by atomic mass is 9.96. The summed E-state index contributed by atoms with van der Waals surface area (Å²) < 4.78 is 26.4. The first-order valence-corrected chi connectivity index (χ1v) is 11.2. The number of halogens is 2. The fraction of sp³-hybridized carbons (Fsp3) is 0.429. The number of nitrogens with one attached hydrogen (secondary N) is 2. The van der Waals surface area contributed by atoms with E-state index in [2.05, 4.69) is 25.7 Å². The van der Waals surface area contributed by atoms with E-state index in [4.69, 9.17) is 0 Å². The molecule has 2 heterocycles. The summed E-state index contributed by atoms with van der Waals surface area (Å²) in [6.07, 6.45) is 2.47. The summed E-state index contributed by atoms with van der Waals surface area (Å²) in [5.41, 5.74) is 0.0660. The number of hydrogen-bond acceptors (Lipinski definition) is 6. The molecule has 0 radical (unpaired) electrons. The van der Waals surface area contributed by atoms with Crippen LogP contribution in [0.1, 0.15) is 26.2 Å². The molecule has 0 saturated carbocycles. The van der Waals surface area contributed by atoms with E-state index < -0.39 is 17.5 Å². The minimum atomic E-state index is -0.755. The average Bonchev–Trinajstić information content (AvgIpc) is 2.76. The van der Waals surface area contributed by atoms with Crippen LogP contribution in [0.3, 0.4) is 0 Å². The molecule has 0 atom stereocenters. The lowest BCUT2D eigenvalue weighted by Gasteiger charge is -2.31. The van der Waals surface area contributed by atoms with Gasteiger partial charge in [0.2, 0.25) is 11.8 Å². The lowest BCUT2D eigenvalue weighted by Crippen LogP contribution is -2.41. The molecule has 1 aromatic heterocycles. The molecule has 0 bridgehead atoms. The lowest BCUT2D eigenvalue weighted by molar-refractivity contribution is -0.125. The van der Waals surface area contributed by atoms with E-state index in [0.29, 0.717) is 11.6 Å². The zero-order chi connectivity index (χ0) is 22.2. The van der Waals surface area contributed by atoms with Crippen molar-refractivity contribution >= 4 is 35.1 Å². The molecule has 3 rings (SSSR count). The normalized spacial score (nSPS) is 14.4. The van der Waals surface area contributed by atoms with Gasteiger partial charge >= 0.3 is 0 Å². The monoisotopic (exact) mass is 449 g/mol. The number of benzene rings is 1. The average molecular weight is 450 g/mol. The van der Waals surface area contributed by atoms with Crippen molar-refractivity contribution in [1.29, 1.82) is 0 Å². The third kappa shape index (κ3) is 6.88. The van der Waals surface area contributed by atoms with Crippen molar-refractivity contribution in [3.05, 3.63) is 42.0 Å². The smallest absolute Gasteiger partial charge is 0.234 e. The largest absolute Gasteiger partial charge is 0.356 e. The fourth-order valence-electron chi connectivity index (χ4n) is 3.28. The number of anilines is 2. The second-order valence-corrected chi connectivity index (χ2v) is 8.27. The van der Waals surface area contributed by atoms with E-state index in [9.17, 15) is 18.4 Å². The van der Waals surface area contributed by atoms with Crippen LogP contribution in [0.25, 0.3) is 0 Å². The van der Waals surface area contributed by atoms with E-state index in [-0.39, 0.29) is 23.3 Å². The summed E-state index contributed by atoms with van der Waals surface area (Å²) in [7, 11) is 0. The Morgan fingerprint density at radius 2 is 1.84 bits per heavy atom. The third-order valence-corrected chi connectivity index (χ3v) is 5.78. The number of carbonyl (C=O) groups is 2. The number of carbonyl (C=O) groups excluding carboxylic acids is 2. The highest BCUT2D eigenvalue weighted by Crippen LogP contribution is 2.23. The van der Waals surface area contributed by atoms with Gasteiger partial charge in [0.25, 0.3) is 0 Å². The molecule has 0 aliphatic carbocycles. The van der Waals surface area contributed by atoms with Crippen molar-refractivity contribution in [2.24, 2.45) is 5.92 Å². The van der Waals surface area contributed by atoms with Crippen LogP contribution in [0, 0.1) is 17.6 Å². The van der Waals surface area contributed by atoms with Crippen LogP contribution in [-0.2, 0) is 9.59 Å². The molecule has 1 aliphatic heterocycles. The van der Waals surface area contributed by atoms with E-state index in [1.807, 2.05) is 13.0 Å². The number of piperidine rings is 1. The van der Waals surface area contributed by atoms with Crippen molar-refractivity contribution in [2.75, 3.05) is 35.6 Å². The standard InChI is InChI=1S/C21H25F2N5O2S/c1-2-7-24-21(30)14-5-8-28(9-6-14)18-3-4-20(27-26-18)31-13-19(29)25-17-11-15(22)10-16(23)12-17/h3-4,10-12,14H,2,5-9,13H2,1H3,(H,24,30)(H,25,29). The zero-order valence-electron chi connectivity index (χ0n) is 17.2. The van der Waals surface area contributed by atoms with E-state index in [0.717, 1.165) is 56.4 Å². The van der Waals surface area contributed by atoms with Gasteiger partial charge in [0.15, 0.2) is 5.82 Å². The van der Waals surface area contributed by atoms with Gasteiger partial charge in [-0.25, -0.2) is 8.78 Å². The number of nitrogens with zero attached hydrogens (tertiary/aromatic N) is 3. The summed E-state index contributed by atoms with van der Waals surface area (Å²) in [5.74, 6) is -0.982. The Kier molecular flexibility index (Phi) is 8.16. The third-order valence-electron chi connectivity index (χ3n) is 4.86. The van der Waals surface area contributed by atoms with E-state index in [1.54, 1.807) is 6.07 Å². The summed E-state index contributed by atoms with van der Waals surface area (Å²) in [5, 5.41) is 14.4. The Morgan fingerprint density at radius 3 is 2.45 bits per heavy atom. The summed E-state index contributed by atoms with van der Waals surface area (Å²) in [4.78, 5) is 26.2. The van der Waals surface area contributed by atoms with Gasteiger partial charge in [0, 0.05) is 37.3 Å². The predicted octanol–water partition coefficient (Wildman–Crippen LogP) is 3.23. The Labute approximate surface area is 184 Å². The predicted molar refractivity (Wildman–Crippen MR) is 116 cm³/mol. The molecule has 1 aromatic carbocycles. The number of amides is 2. The van der Waals surface area contributed by atoms with Gasteiger partial charge in [0.05, 0.1) is 5.75 Å². The molecule has 31 heavy (non-hydrogen) atoms. The molecular formula is C21H25F2N5O2S. The van der Waals surface area contributed by atoms with Gasteiger partial charge in [-0.05, 0) is 43.5 Å². The van der Waals surface area contributed by atoms with Crippen molar-refractivity contribution < 1.29 is 18.4 Å². The maximum absolute atomic E-state index is 13.2. The first kappa shape index (κ1) is 22.9. The highest BCUT2D eigenvalue weighted by Gasteiger charge is 2.25. The minimum Gasteiger partial charge on any atom is -0.356 e. The molecule has 10 heteroatoms. The minimum absolute atomic E-state index is 0.0322. The van der Waals surface area contributed by atoms with Crippen LogP contribution >= 0.6 is 11.8 Å². The highest BCUT2D eigenvalue weighted by molar-refractivity contribution is 7.99. The van der Waals surface area contributed by atoms with Crippen LogP contribution in [-0.4, -0.2) is 47.4 Å². The first-order chi connectivity index (χ1) is 14.9. The van der Waals surface area contributed by atoms with Crippen LogP contribution in [0.2, 0.25) is 0 Å². The molecule has 166 valence electrons. The molecule has 0 unspecified atom stereocenters. The molecular weight excluding hydrogens is 424 g/mol. The second kappa shape index (κ2) is 11.0. The molecule has 0 spiro atoms. The number of rotatable bonds is 8. The molecule has 2 aromatic rings. The number of aromatic nitrogens is 2. The fourth-order valence-corrected chi connectivity index (χ4v) is 3.90. The quantitative estimate of drug-likeness (QED) is 0.602. The SMILES string of the molecule is CCCNC(=O)C1CCN(c2ccc(SCC(=O)Nc3cc(F)cc(F)c3)nn2)CC1. The van der Waals surface area contributed by atoms with Crippen molar-refractivity contribution in [3.63, 3.8) is 0 Å². The van der Waals surface area contributed by atoms with Crippen LogP contribution in [0.4, 0.5) is 20.3 Å². The maximum atomic E-state index is 13.2. The van der Waals surface area contributed by atoms with Crippen LogP contribution in [0.5, 0.6) is 0 Å². The van der Waals surface area contributed by atoms with Crippen molar-refractivity contribution in [3.8, 4) is 0 Å². The van der Waals surface area contributed by atoms with E-state index >= 15 is 0 Å². The van der Waals surface area contributed by atoms with Gasteiger partial charge in [-0.2, -0.15) is 0 Å². The molecule has 1 aliphatic rings. The first-order valence-electron chi connectivity index (χ1n) is 10.2. The van der Waals surface area contributed by atoms with Gasteiger partial charge in [0.1, 0.15) is 16.7 Å². The molecule has 1 saturated heterocycles. The van der Waals surface area contributed by atoms with Crippen molar-refractivity contribution in [2.45, 2.75) is 31.2 Å². The van der Waals surface area contributed by atoms with Gasteiger partial charge < -0.3 is 15.5 Å². The Hall–Kier alpha value is -2.75. The summed E-state index contributed by atoms with van der Waals surface area (Å²) >= 11 is 1.18. The zero-order valence-corrected chi connectivity index (χ0v) is 18.1. The Balaban J connectivity index is 1.45. The Morgan fingerprint density at radius 1 is 1.13 bits per heavy atom. The second-order valence-electron chi connectivity index (χ2n) is 7.28. The summed E-state index contributed by atoms with van der Waals surface area (Å²) in [6.45, 7) is 4.21. The molecule has 1 fully saturated rings.